The molecule has 0 saturated heterocycles. The topological polar surface area (TPSA) is 55.4 Å². The zero-order valence-corrected chi connectivity index (χ0v) is 12.8. The predicted molar refractivity (Wildman–Crippen MR) is 86.4 cm³/mol. The summed E-state index contributed by atoms with van der Waals surface area (Å²) in [7, 11) is 0. The Labute approximate surface area is 130 Å². The van der Waals surface area contributed by atoms with Crippen LogP contribution in [0.15, 0.2) is 48.5 Å². The van der Waals surface area contributed by atoms with Crippen LogP contribution in [-0.2, 0) is 4.79 Å². The highest BCUT2D eigenvalue weighted by Gasteiger charge is 2.13. The monoisotopic (exact) mass is 297 g/mol. The molecule has 1 N–H and O–H groups in total. The third-order valence-electron chi connectivity index (χ3n) is 3.05. The van der Waals surface area contributed by atoms with Gasteiger partial charge in [0.2, 0.25) is 5.91 Å². The molecule has 0 heterocycles. The Hall–Kier alpha value is -2.62. The number of hydrogen-bond acceptors (Lipinski definition) is 3. The number of benzene rings is 2. The van der Waals surface area contributed by atoms with E-state index in [1.807, 2.05) is 25.1 Å². The first-order chi connectivity index (χ1) is 10.6. The molecule has 0 saturated carbocycles. The molecule has 2 rings (SSSR count). The van der Waals surface area contributed by atoms with Crippen molar-refractivity contribution in [3.05, 3.63) is 59.7 Å². The van der Waals surface area contributed by atoms with Gasteiger partial charge in [0.15, 0.2) is 5.78 Å². The van der Waals surface area contributed by atoms with Crippen LogP contribution in [0.4, 0.5) is 5.69 Å². The summed E-state index contributed by atoms with van der Waals surface area (Å²) in [5.74, 6) is 0.279. The van der Waals surface area contributed by atoms with Gasteiger partial charge in [-0.1, -0.05) is 37.3 Å². The lowest BCUT2D eigenvalue weighted by Crippen LogP contribution is -2.10. The molecular formula is C18H19NO3. The van der Waals surface area contributed by atoms with E-state index in [0.717, 1.165) is 6.42 Å². The second kappa shape index (κ2) is 7.41. The fourth-order valence-electron chi connectivity index (χ4n) is 2.05. The van der Waals surface area contributed by atoms with Crippen LogP contribution in [0, 0.1) is 0 Å². The fourth-order valence-corrected chi connectivity index (χ4v) is 2.05. The van der Waals surface area contributed by atoms with Crippen molar-refractivity contribution >= 4 is 17.4 Å². The number of rotatable bonds is 6. The van der Waals surface area contributed by atoms with E-state index in [2.05, 4.69) is 5.32 Å². The van der Waals surface area contributed by atoms with Crippen LogP contribution >= 0.6 is 0 Å². The van der Waals surface area contributed by atoms with Gasteiger partial charge in [-0.2, -0.15) is 0 Å². The van der Waals surface area contributed by atoms with E-state index in [1.165, 1.54) is 6.92 Å². The summed E-state index contributed by atoms with van der Waals surface area (Å²) in [5, 5.41) is 2.71. The summed E-state index contributed by atoms with van der Waals surface area (Å²) in [4.78, 5) is 23.8. The molecule has 0 aliphatic rings. The minimum atomic E-state index is -0.203. The second-order valence-electron chi connectivity index (χ2n) is 4.94. The molecule has 0 aromatic heterocycles. The average Bonchev–Trinajstić information content (AvgIpc) is 2.53. The normalized spacial score (nSPS) is 10.1. The van der Waals surface area contributed by atoms with Crippen LogP contribution in [0.25, 0.3) is 0 Å². The van der Waals surface area contributed by atoms with Gasteiger partial charge in [0.25, 0.3) is 0 Å². The molecule has 0 aliphatic carbocycles. The molecule has 0 aliphatic heterocycles. The van der Waals surface area contributed by atoms with Gasteiger partial charge < -0.3 is 10.1 Å². The van der Waals surface area contributed by atoms with E-state index in [0.29, 0.717) is 29.2 Å². The summed E-state index contributed by atoms with van der Waals surface area (Å²) in [5.41, 5.74) is 1.64. The molecule has 0 bridgehead atoms. The highest BCUT2D eigenvalue weighted by atomic mass is 16.5. The van der Waals surface area contributed by atoms with Gasteiger partial charge in [0, 0.05) is 18.1 Å². The molecule has 114 valence electrons. The predicted octanol–water partition coefficient (Wildman–Crippen LogP) is 3.66. The number of ether oxygens (including phenoxy) is 1. The fraction of sp³-hybridized carbons (Fsp3) is 0.222. The zero-order chi connectivity index (χ0) is 15.9. The molecule has 0 unspecified atom stereocenters. The van der Waals surface area contributed by atoms with Crippen molar-refractivity contribution in [2.75, 3.05) is 11.9 Å². The van der Waals surface area contributed by atoms with Crippen LogP contribution in [0.1, 0.15) is 36.2 Å². The molecule has 0 spiro atoms. The van der Waals surface area contributed by atoms with Gasteiger partial charge in [-0.3, -0.25) is 9.59 Å². The Bertz CT molecular complexity index is 665. The van der Waals surface area contributed by atoms with Crippen molar-refractivity contribution in [1.82, 2.24) is 0 Å². The first-order valence-electron chi connectivity index (χ1n) is 7.26. The lowest BCUT2D eigenvalue weighted by molar-refractivity contribution is -0.114. The minimum absolute atomic E-state index is 0.0887. The van der Waals surface area contributed by atoms with E-state index >= 15 is 0 Å². The van der Waals surface area contributed by atoms with E-state index in [1.54, 1.807) is 30.3 Å². The lowest BCUT2D eigenvalue weighted by atomic mass is 10.0. The van der Waals surface area contributed by atoms with Crippen molar-refractivity contribution in [3.63, 3.8) is 0 Å². The van der Waals surface area contributed by atoms with E-state index in [9.17, 15) is 9.59 Å². The standard InChI is InChI=1S/C18H19NO3/c1-3-11-22-17-10-9-15(12-16(17)19-13(2)20)18(21)14-7-5-4-6-8-14/h4-10,12H,3,11H2,1-2H3,(H,19,20). The van der Waals surface area contributed by atoms with Gasteiger partial charge in [0.05, 0.1) is 12.3 Å². The number of amides is 1. The molecule has 0 radical (unpaired) electrons. The third-order valence-corrected chi connectivity index (χ3v) is 3.05. The molecule has 2 aromatic rings. The van der Waals surface area contributed by atoms with Crippen LogP contribution in [0.5, 0.6) is 5.75 Å². The number of anilines is 1. The van der Waals surface area contributed by atoms with Crippen LogP contribution < -0.4 is 10.1 Å². The minimum Gasteiger partial charge on any atom is -0.491 e. The van der Waals surface area contributed by atoms with Crippen molar-refractivity contribution in [2.45, 2.75) is 20.3 Å². The van der Waals surface area contributed by atoms with Crippen molar-refractivity contribution in [3.8, 4) is 5.75 Å². The summed E-state index contributed by atoms with van der Waals surface area (Å²) in [6, 6.07) is 14.1. The zero-order valence-electron chi connectivity index (χ0n) is 12.8. The number of carbonyl (C=O) groups excluding carboxylic acids is 2. The smallest absolute Gasteiger partial charge is 0.221 e. The highest BCUT2D eigenvalue weighted by molar-refractivity contribution is 6.10. The largest absolute Gasteiger partial charge is 0.491 e. The van der Waals surface area contributed by atoms with Gasteiger partial charge in [-0.05, 0) is 24.6 Å². The van der Waals surface area contributed by atoms with Gasteiger partial charge >= 0.3 is 0 Å². The van der Waals surface area contributed by atoms with Gasteiger partial charge in [-0.25, -0.2) is 0 Å². The molecule has 4 nitrogen and oxygen atoms in total. The van der Waals surface area contributed by atoms with E-state index in [4.69, 9.17) is 4.74 Å². The molecule has 22 heavy (non-hydrogen) atoms. The Morgan fingerprint density at radius 2 is 1.77 bits per heavy atom. The van der Waals surface area contributed by atoms with Crippen LogP contribution in [0.3, 0.4) is 0 Å². The summed E-state index contributed by atoms with van der Waals surface area (Å²) in [6.07, 6.45) is 0.865. The summed E-state index contributed by atoms with van der Waals surface area (Å²) in [6.45, 7) is 3.99. The Morgan fingerprint density at radius 3 is 2.41 bits per heavy atom. The van der Waals surface area contributed by atoms with Crippen LogP contribution in [-0.4, -0.2) is 18.3 Å². The molecule has 1 amide bonds. The first-order valence-corrected chi connectivity index (χ1v) is 7.26. The number of hydrogen-bond donors (Lipinski definition) is 1. The van der Waals surface area contributed by atoms with Crippen molar-refractivity contribution < 1.29 is 14.3 Å². The molecule has 0 atom stereocenters. The summed E-state index contributed by atoms with van der Waals surface area (Å²) >= 11 is 0. The number of ketones is 1. The maximum absolute atomic E-state index is 12.5. The third kappa shape index (κ3) is 3.95. The Morgan fingerprint density at radius 1 is 1.05 bits per heavy atom. The molecular weight excluding hydrogens is 278 g/mol. The maximum Gasteiger partial charge on any atom is 0.221 e. The van der Waals surface area contributed by atoms with Gasteiger partial charge in [-0.15, -0.1) is 0 Å². The number of nitrogens with one attached hydrogen (secondary N) is 1. The molecule has 2 aromatic carbocycles. The van der Waals surface area contributed by atoms with Crippen molar-refractivity contribution in [1.29, 1.82) is 0 Å². The van der Waals surface area contributed by atoms with Gasteiger partial charge in [0.1, 0.15) is 5.75 Å². The number of carbonyl (C=O) groups is 2. The quantitative estimate of drug-likeness (QED) is 0.828. The Kier molecular flexibility index (Phi) is 5.31. The van der Waals surface area contributed by atoms with Crippen LogP contribution in [0.2, 0.25) is 0 Å². The lowest BCUT2D eigenvalue weighted by Gasteiger charge is -2.12. The molecule has 4 heteroatoms. The first kappa shape index (κ1) is 15.8. The average molecular weight is 297 g/mol. The summed E-state index contributed by atoms with van der Waals surface area (Å²) < 4.78 is 5.60. The SMILES string of the molecule is CCCOc1ccc(C(=O)c2ccccc2)cc1NC(C)=O. The Balaban J connectivity index is 2.33. The highest BCUT2D eigenvalue weighted by Crippen LogP contribution is 2.27. The van der Waals surface area contributed by atoms with E-state index < -0.39 is 0 Å². The molecule has 0 fully saturated rings. The van der Waals surface area contributed by atoms with Crippen molar-refractivity contribution in [2.24, 2.45) is 0 Å². The second-order valence-corrected chi connectivity index (χ2v) is 4.94. The maximum atomic E-state index is 12.5. The van der Waals surface area contributed by atoms with E-state index in [-0.39, 0.29) is 11.7 Å².